The first kappa shape index (κ1) is 12.6. The van der Waals surface area contributed by atoms with Gasteiger partial charge in [-0.15, -0.1) is 0 Å². The molecule has 1 aromatic heterocycles. The molecule has 0 fully saturated rings. The van der Waals surface area contributed by atoms with E-state index in [9.17, 15) is 9.90 Å². The average Bonchev–Trinajstić information content (AvgIpc) is 2.83. The van der Waals surface area contributed by atoms with E-state index in [4.69, 9.17) is 10.2 Å². The third kappa shape index (κ3) is 2.21. The SMILES string of the molecule is Nc1cccc(C(=O)O)c1Sc1nc2ccccc2o1. The summed E-state index contributed by atoms with van der Waals surface area (Å²) in [5.74, 6) is -1.03. The van der Waals surface area contributed by atoms with Gasteiger partial charge in [0.05, 0.1) is 10.5 Å². The normalized spacial score (nSPS) is 10.8. The van der Waals surface area contributed by atoms with Crippen LogP contribution in [0.15, 0.2) is 57.0 Å². The molecule has 2 aromatic carbocycles. The molecule has 20 heavy (non-hydrogen) atoms. The minimum absolute atomic E-state index is 0.136. The number of nitrogens with zero attached hydrogens (tertiary/aromatic N) is 1. The number of oxazole rings is 1. The summed E-state index contributed by atoms with van der Waals surface area (Å²) in [5.41, 5.74) is 7.75. The van der Waals surface area contributed by atoms with E-state index < -0.39 is 5.97 Å². The number of fused-ring (bicyclic) bond motifs is 1. The van der Waals surface area contributed by atoms with Crippen molar-refractivity contribution < 1.29 is 14.3 Å². The van der Waals surface area contributed by atoms with Gasteiger partial charge in [-0.3, -0.25) is 0 Å². The van der Waals surface area contributed by atoms with Gasteiger partial charge in [0.1, 0.15) is 5.52 Å². The number of rotatable bonds is 3. The second-order valence-corrected chi connectivity index (χ2v) is 5.04. The number of nitrogens with two attached hydrogens (primary N) is 1. The second-order valence-electron chi connectivity index (χ2n) is 4.08. The van der Waals surface area contributed by atoms with E-state index in [1.54, 1.807) is 18.2 Å². The van der Waals surface area contributed by atoms with Crippen LogP contribution in [0.3, 0.4) is 0 Å². The molecule has 0 aliphatic carbocycles. The summed E-state index contributed by atoms with van der Waals surface area (Å²) >= 11 is 1.11. The van der Waals surface area contributed by atoms with E-state index in [1.807, 2.05) is 18.2 Å². The summed E-state index contributed by atoms with van der Waals surface area (Å²) in [6.45, 7) is 0. The van der Waals surface area contributed by atoms with Crippen molar-refractivity contribution in [2.24, 2.45) is 0 Å². The second kappa shape index (κ2) is 4.90. The number of para-hydroxylation sites is 2. The Morgan fingerprint density at radius 2 is 2.00 bits per heavy atom. The average molecular weight is 286 g/mol. The Morgan fingerprint density at radius 1 is 1.20 bits per heavy atom. The Kier molecular flexibility index (Phi) is 3.08. The number of nitrogen functional groups attached to an aromatic ring is 1. The minimum Gasteiger partial charge on any atom is -0.478 e. The number of carboxylic acid groups (broad SMARTS) is 1. The van der Waals surface area contributed by atoms with Gasteiger partial charge in [-0.25, -0.2) is 9.78 Å². The van der Waals surface area contributed by atoms with Gasteiger partial charge in [-0.1, -0.05) is 18.2 Å². The topological polar surface area (TPSA) is 89.4 Å². The van der Waals surface area contributed by atoms with Crippen molar-refractivity contribution in [3.63, 3.8) is 0 Å². The van der Waals surface area contributed by atoms with Crippen LogP contribution in [0.2, 0.25) is 0 Å². The van der Waals surface area contributed by atoms with E-state index in [-0.39, 0.29) is 5.56 Å². The lowest BCUT2D eigenvalue weighted by atomic mass is 10.2. The molecule has 0 bridgehead atoms. The zero-order valence-electron chi connectivity index (χ0n) is 10.2. The van der Waals surface area contributed by atoms with Crippen LogP contribution >= 0.6 is 11.8 Å². The molecule has 0 aliphatic rings. The summed E-state index contributed by atoms with van der Waals surface area (Å²) < 4.78 is 5.57. The Hall–Kier alpha value is -2.47. The van der Waals surface area contributed by atoms with Gasteiger partial charge in [0.2, 0.25) is 0 Å². The highest BCUT2D eigenvalue weighted by Crippen LogP contribution is 2.35. The van der Waals surface area contributed by atoms with Crippen molar-refractivity contribution in [1.82, 2.24) is 4.98 Å². The molecule has 1 heterocycles. The Balaban J connectivity index is 2.04. The molecule has 3 N–H and O–H groups in total. The molecular weight excluding hydrogens is 276 g/mol. The van der Waals surface area contributed by atoms with E-state index in [0.29, 0.717) is 21.4 Å². The lowest BCUT2D eigenvalue weighted by Crippen LogP contribution is -2.01. The zero-order valence-corrected chi connectivity index (χ0v) is 11.1. The molecule has 3 aromatic rings. The number of anilines is 1. The number of carboxylic acids is 1. The van der Waals surface area contributed by atoms with Crippen molar-refractivity contribution in [1.29, 1.82) is 0 Å². The van der Waals surface area contributed by atoms with Gasteiger partial charge >= 0.3 is 5.97 Å². The van der Waals surface area contributed by atoms with E-state index in [2.05, 4.69) is 4.98 Å². The van der Waals surface area contributed by atoms with Gasteiger partial charge < -0.3 is 15.3 Å². The predicted molar refractivity (Wildman–Crippen MR) is 75.9 cm³/mol. The smallest absolute Gasteiger partial charge is 0.336 e. The van der Waals surface area contributed by atoms with Crippen molar-refractivity contribution >= 4 is 34.5 Å². The predicted octanol–water partition coefficient (Wildman–Crippen LogP) is 3.26. The minimum atomic E-state index is -1.03. The zero-order chi connectivity index (χ0) is 14.1. The first-order valence-electron chi connectivity index (χ1n) is 5.80. The third-order valence-corrected chi connectivity index (χ3v) is 3.75. The van der Waals surface area contributed by atoms with Crippen LogP contribution in [-0.4, -0.2) is 16.1 Å². The molecule has 0 saturated heterocycles. The first-order valence-corrected chi connectivity index (χ1v) is 6.62. The van der Waals surface area contributed by atoms with Crippen LogP contribution in [0, 0.1) is 0 Å². The molecule has 0 aliphatic heterocycles. The number of carbonyl (C=O) groups is 1. The highest BCUT2D eigenvalue weighted by atomic mass is 32.2. The summed E-state index contributed by atoms with van der Waals surface area (Å²) in [6.07, 6.45) is 0. The van der Waals surface area contributed by atoms with Crippen molar-refractivity contribution in [2.45, 2.75) is 10.1 Å². The molecule has 0 unspecified atom stereocenters. The molecule has 0 radical (unpaired) electrons. The fourth-order valence-electron chi connectivity index (χ4n) is 1.82. The Morgan fingerprint density at radius 3 is 2.75 bits per heavy atom. The van der Waals surface area contributed by atoms with Gasteiger partial charge in [0.15, 0.2) is 5.58 Å². The number of hydrogen-bond acceptors (Lipinski definition) is 5. The molecule has 3 rings (SSSR count). The summed E-state index contributed by atoms with van der Waals surface area (Å²) in [7, 11) is 0. The Bertz CT molecular complexity index is 765. The molecule has 0 saturated carbocycles. The highest BCUT2D eigenvalue weighted by Gasteiger charge is 2.16. The van der Waals surface area contributed by atoms with E-state index in [0.717, 1.165) is 17.3 Å². The van der Waals surface area contributed by atoms with Crippen molar-refractivity contribution in [3.8, 4) is 0 Å². The summed E-state index contributed by atoms with van der Waals surface area (Å²) in [4.78, 5) is 16.0. The van der Waals surface area contributed by atoms with E-state index in [1.165, 1.54) is 6.07 Å². The fraction of sp³-hybridized carbons (Fsp3) is 0. The highest BCUT2D eigenvalue weighted by molar-refractivity contribution is 7.99. The monoisotopic (exact) mass is 286 g/mol. The van der Waals surface area contributed by atoms with Gasteiger partial charge in [0, 0.05) is 5.69 Å². The summed E-state index contributed by atoms with van der Waals surface area (Å²) in [5, 5.41) is 9.56. The molecule has 100 valence electrons. The maximum absolute atomic E-state index is 11.2. The summed E-state index contributed by atoms with van der Waals surface area (Å²) in [6, 6.07) is 12.1. The van der Waals surface area contributed by atoms with Gasteiger partial charge in [-0.2, -0.15) is 0 Å². The lowest BCUT2D eigenvalue weighted by Gasteiger charge is -2.06. The number of aromatic nitrogens is 1. The van der Waals surface area contributed by atoms with Crippen LogP contribution in [0.5, 0.6) is 0 Å². The van der Waals surface area contributed by atoms with Crippen LogP contribution in [0.4, 0.5) is 5.69 Å². The number of aromatic carboxylic acids is 1. The van der Waals surface area contributed by atoms with Crippen molar-refractivity contribution in [3.05, 3.63) is 48.0 Å². The fourth-order valence-corrected chi connectivity index (χ4v) is 2.72. The molecular formula is C14H10N2O3S. The van der Waals surface area contributed by atoms with E-state index >= 15 is 0 Å². The lowest BCUT2D eigenvalue weighted by molar-refractivity contribution is 0.0693. The van der Waals surface area contributed by atoms with Crippen LogP contribution in [0.1, 0.15) is 10.4 Å². The van der Waals surface area contributed by atoms with Gasteiger partial charge in [0.25, 0.3) is 5.22 Å². The molecule has 0 atom stereocenters. The number of hydrogen-bond donors (Lipinski definition) is 2. The molecule has 6 heteroatoms. The largest absolute Gasteiger partial charge is 0.478 e. The number of benzene rings is 2. The van der Waals surface area contributed by atoms with Gasteiger partial charge in [-0.05, 0) is 36.0 Å². The first-order chi connectivity index (χ1) is 9.65. The third-order valence-electron chi connectivity index (χ3n) is 2.74. The maximum atomic E-state index is 11.2. The van der Waals surface area contributed by atoms with Crippen LogP contribution < -0.4 is 5.73 Å². The standard InChI is InChI=1S/C14H10N2O3S/c15-9-5-3-4-8(13(17)18)12(9)20-14-16-10-6-1-2-7-11(10)19-14/h1-7H,15H2,(H,17,18). The molecule has 0 amide bonds. The van der Waals surface area contributed by atoms with Crippen LogP contribution in [-0.2, 0) is 0 Å². The molecule has 5 nitrogen and oxygen atoms in total. The molecule has 0 spiro atoms. The van der Waals surface area contributed by atoms with Crippen LogP contribution in [0.25, 0.3) is 11.1 Å². The quantitative estimate of drug-likeness (QED) is 0.718. The Labute approximate surface area is 118 Å². The van der Waals surface area contributed by atoms with Crippen molar-refractivity contribution in [2.75, 3.05) is 5.73 Å². The maximum Gasteiger partial charge on any atom is 0.336 e.